The van der Waals surface area contributed by atoms with Crippen molar-refractivity contribution >= 4 is 17.3 Å². The molecule has 23 heavy (non-hydrogen) atoms. The van der Waals surface area contributed by atoms with Crippen LogP contribution in [0.3, 0.4) is 0 Å². The third-order valence-electron chi connectivity index (χ3n) is 4.64. The molecule has 1 aliphatic heterocycles. The number of rotatable bonds is 5. The van der Waals surface area contributed by atoms with Crippen molar-refractivity contribution in [3.63, 3.8) is 0 Å². The van der Waals surface area contributed by atoms with E-state index in [0.29, 0.717) is 24.1 Å². The number of carbonyl (C=O) groups excluding carboxylic acids is 1. The number of nitrogens with one attached hydrogen (secondary N) is 1. The van der Waals surface area contributed by atoms with E-state index in [1.807, 2.05) is 0 Å². The van der Waals surface area contributed by atoms with Crippen molar-refractivity contribution in [2.24, 2.45) is 28.0 Å². The first-order valence-electron chi connectivity index (χ1n) is 7.59. The van der Waals surface area contributed by atoms with Crippen LogP contribution in [0.1, 0.15) is 18.4 Å². The molecule has 1 aromatic rings. The van der Waals surface area contributed by atoms with Gasteiger partial charge in [0.2, 0.25) is 0 Å². The second kappa shape index (κ2) is 5.40. The molecule has 3 aliphatic rings. The fraction of sp³-hybridized carbons (Fsp3) is 0.438. The van der Waals surface area contributed by atoms with Crippen molar-refractivity contribution in [2.45, 2.75) is 26.0 Å². The molecule has 1 amide bonds. The standard InChI is InChI=1S/C16H15F2N3O2/c17-16(18)23-10-3-1-8(2-4-10)7-19-15(22)14-12-6-9-5-11(9)13(12)20-21-14/h1-4,9,11-12,16H,5-7H2,(H,19,22). The summed E-state index contributed by atoms with van der Waals surface area (Å²) in [7, 11) is 0. The molecular weight excluding hydrogens is 304 g/mol. The average molecular weight is 319 g/mol. The van der Waals surface area contributed by atoms with Crippen LogP contribution in [-0.2, 0) is 11.3 Å². The number of amides is 1. The minimum absolute atomic E-state index is 0.0958. The molecule has 5 nitrogen and oxygen atoms in total. The molecule has 2 fully saturated rings. The molecule has 0 spiro atoms. The Morgan fingerprint density at radius 3 is 2.78 bits per heavy atom. The van der Waals surface area contributed by atoms with E-state index in [4.69, 9.17) is 0 Å². The summed E-state index contributed by atoms with van der Waals surface area (Å²) in [6, 6.07) is 6.18. The van der Waals surface area contributed by atoms with E-state index in [-0.39, 0.29) is 17.6 Å². The lowest BCUT2D eigenvalue weighted by atomic mass is 9.96. The van der Waals surface area contributed by atoms with Gasteiger partial charge in [-0.15, -0.1) is 5.10 Å². The van der Waals surface area contributed by atoms with Crippen LogP contribution in [0.25, 0.3) is 0 Å². The van der Waals surface area contributed by atoms with Gasteiger partial charge in [-0.1, -0.05) is 12.1 Å². The number of alkyl halides is 2. The second-order valence-electron chi connectivity index (χ2n) is 6.11. The van der Waals surface area contributed by atoms with Gasteiger partial charge in [-0.3, -0.25) is 4.79 Å². The summed E-state index contributed by atoms with van der Waals surface area (Å²) in [4.78, 5) is 12.3. The Morgan fingerprint density at radius 1 is 1.26 bits per heavy atom. The molecule has 1 aromatic carbocycles. The van der Waals surface area contributed by atoms with Crippen molar-refractivity contribution in [3.05, 3.63) is 29.8 Å². The van der Waals surface area contributed by atoms with Crippen molar-refractivity contribution < 1.29 is 18.3 Å². The first kappa shape index (κ1) is 14.3. The maximum absolute atomic E-state index is 12.3. The van der Waals surface area contributed by atoms with Crippen LogP contribution in [0.5, 0.6) is 5.75 Å². The van der Waals surface area contributed by atoms with Crippen molar-refractivity contribution in [1.82, 2.24) is 5.32 Å². The highest BCUT2D eigenvalue weighted by atomic mass is 19.3. The Bertz CT molecular complexity index is 700. The number of nitrogens with zero attached hydrogens (tertiary/aromatic N) is 2. The summed E-state index contributed by atoms with van der Waals surface area (Å²) in [6.07, 6.45) is 2.17. The van der Waals surface area contributed by atoms with Crippen molar-refractivity contribution in [3.8, 4) is 5.75 Å². The predicted octanol–water partition coefficient (Wildman–Crippen LogP) is 2.37. The lowest BCUT2D eigenvalue weighted by molar-refractivity contribution is -0.115. The van der Waals surface area contributed by atoms with E-state index >= 15 is 0 Å². The quantitative estimate of drug-likeness (QED) is 0.905. The monoisotopic (exact) mass is 319 g/mol. The molecule has 0 aromatic heterocycles. The fourth-order valence-electron chi connectivity index (χ4n) is 3.39. The molecule has 0 saturated heterocycles. The fourth-order valence-corrected chi connectivity index (χ4v) is 3.39. The van der Waals surface area contributed by atoms with Crippen molar-refractivity contribution in [1.29, 1.82) is 0 Å². The maximum Gasteiger partial charge on any atom is 0.387 e. The third kappa shape index (κ3) is 2.71. The van der Waals surface area contributed by atoms with Crippen LogP contribution in [0.15, 0.2) is 34.5 Å². The molecule has 2 saturated carbocycles. The topological polar surface area (TPSA) is 63.0 Å². The van der Waals surface area contributed by atoms with Crippen LogP contribution >= 0.6 is 0 Å². The second-order valence-corrected chi connectivity index (χ2v) is 6.11. The molecule has 0 radical (unpaired) electrons. The Hall–Kier alpha value is -2.31. The SMILES string of the molecule is O=C(NCc1ccc(OC(F)F)cc1)C1=NN=C2C1CC1CC21. The molecule has 2 aliphatic carbocycles. The van der Waals surface area contributed by atoms with Crippen LogP contribution in [0, 0.1) is 17.8 Å². The number of fused-ring (bicyclic) bond motifs is 3. The number of hydrogen-bond acceptors (Lipinski definition) is 4. The summed E-state index contributed by atoms with van der Waals surface area (Å²) in [5.74, 6) is 1.23. The zero-order valence-electron chi connectivity index (χ0n) is 12.2. The lowest BCUT2D eigenvalue weighted by Gasteiger charge is -2.11. The summed E-state index contributed by atoms with van der Waals surface area (Å²) < 4.78 is 28.4. The molecule has 3 atom stereocenters. The average Bonchev–Trinajstić information content (AvgIpc) is 3.01. The van der Waals surface area contributed by atoms with Gasteiger partial charge in [-0.25, -0.2) is 0 Å². The first-order valence-corrected chi connectivity index (χ1v) is 7.59. The Kier molecular flexibility index (Phi) is 3.36. The van der Waals surface area contributed by atoms with E-state index < -0.39 is 6.61 Å². The molecular formula is C16H15F2N3O2. The molecule has 0 bridgehead atoms. The number of carbonyl (C=O) groups is 1. The minimum atomic E-state index is -2.84. The Labute approximate surface area is 131 Å². The Morgan fingerprint density at radius 2 is 2.04 bits per heavy atom. The van der Waals surface area contributed by atoms with Gasteiger partial charge in [0.05, 0.1) is 5.71 Å². The van der Waals surface area contributed by atoms with Gasteiger partial charge >= 0.3 is 6.61 Å². The van der Waals surface area contributed by atoms with Crippen molar-refractivity contribution in [2.75, 3.05) is 0 Å². The first-order chi connectivity index (χ1) is 11.1. The summed E-state index contributed by atoms with van der Waals surface area (Å²) in [6.45, 7) is -2.53. The normalized spacial score (nSPS) is 27.2. The van der Waals surface area contributed by atoms with Gasteiger partial charge in [0.15, 0.2) is 0 Å². The highest BCUT2D eigenvalue weighted by Crippen LogP contribution is 2.54. The molecule has 3 unspecified atom stereocenters. The van der Waals surface area contributed by atoms with Gasteiger partial charge in [0.25, 0.3) is 5.91 Å². The highest BCUT2D eigenvalue weighted by molar-refractivity contribution is 6.45. The van der Waals surface area contributed by atoms with Crippen LogP contribution < -0.4 is 10.1 Å². The zero-order valence-corrected chi connectivity index (χ0v) is 12.2. The molecule has 120 valence electrons. The van der Waals surface area contributed by atoms with Crippen LogP contribution in [-0.4, -0.2) is 23.9 Å². The summed E-state index contributed by atoms with van der Waals surface area (Å²) >= 11 is 0. The van der Waals surface area contributed by atoms with E-state index in [1.165, 1.54) is 18.6 Å². The number of halogens is 2. The highest BCUT2D eigenvalue weighted by Gasteiger charge is 2.55. The molecule has 7 heteroatoms. The van der Waals surface area contributed by atoms with E-state index in [2.05, 4.69) is 20.3 Å². The van der Waals surface area contributed by atoms with Gasteiger partial charge in [-0.05, 0) is 36.5 Å². The van der Waals surface area contributed by atoms with E-state index in [0.717, 1.165) is 17.7 Å². The smallest absolute Gasteiger partial charge is 0.387 e. The van der Waals surface area contributed by atoms with Gasteiger partial charge in [0.1, 0.15) is 11.5 Å². The number of hydrogen-bond donors (Lipinski definition) is 1. The van der Waals surface area contributed by atoms with Crippen LogP contribution in [0.4, 0.5) is 8.78 Å². The van der Waals surface area contributed by atoms with E-state index in [9.17, 15) is 13.6 Å². The summed E-state index contributed by atoms with van der Waals surface area (Å²) in [5.41, 5.74) is 2.38. The van der Waals surface area contributed by atoms with Gasteiger partial charge in [-0.2, -0.15) is 13.9 Å². The minimum Gasteiger partial charge on any atom is -0.435 e. The molecule has 1 N–H and O–H groups in total. The lowest BCUT2D eigenvalue weighted by Crippen LogP contribution is -2.35. The number of benzene rings is 1. The predicted molar refractivity (Wildman–Crippen MR) is 79.5 cm³/mol. The van der Waals surface area contributed by atoms with Gasteiger partial charge in [0, 0.05) is 18.4 Å². The zero-order chi connectivity index (χ0) is 16.0. The Balaban J connectivity index is 1.32. The third-order valence-corrected chi connectivity index (χ3v) is 4.64. The van der Waals surface area contributed by atoms with Gasteiger partial charge < -0.3 is 10.1 Å². The van der Waals surface area contributed by atoms with Crippen LogP contribution in [0.2, 0.25) is 0 Å². The summed E-state index contributed by atoms with van der Waals surface area (Å²) in [5, 5.41) is 11.0. The maximum atomic E-state index is 12.3. The number of ether oxygens (including phenoxy) is 1. The largest absolute Gasteiger partial charge is 0.435 e. The molecule has 4 rings (SSSR count). The molecule has 1 heterocycles. The van der Waals surface area contributed by atoms with E-state index in [1.54, 1.807) is 12.1 Å².